The van der Waals surface area contributed by atoms with Gasteiger partial charge in [0.1, 0.15) is 0 Å². The van der Waals surface area contributed by atoms with Crippen molar-refractivity contribution in [3.8, 4) is 0 Å². The summed E-state index contributed by atoms with van der Waals surface area (Å²) < 4.78 is 16.8. The first-order valence-corrected chi connectivity index (χ1v) is 11.2. The molecule has 0 spiro atoms. The molecule has 1 atom stereocenters. The summed E-state index contributed by atoms with van der Waals surface area (Å²) in [7, 11) is 0. The number of allylic oxidation sites excluding steroid dienone is 5. The molecule has 1 rings (SSSR count). The Morgan fingerprint density at radius 3 is 2.36 bits per heavy atom. The van der Waals surface area contributed by atoms with Crippen LogP contribution in [0.1, 0.15) is 52.5 Å². The lowest BCUT2D eigenvalue weighted by Crippen LogP contribution is -2.04. The summed E-state index contributed by atoms with van der Waals surface area (Å²) in [6, 6.07) is 7.71. The van der Waals surface area contributed by atoms with Crippen LogP contribution in [0.25, 0.3) is 5.57 Å². The highest BCUT2D eigenvalue weighted by atomic mass is 79.9. The molecule has 0 saturated heterocycles. The Bertz CT molecular complexity index is 759. The molecule has 5 heteroatoms. The van der Waals surface area contributed by atoms with Gasteiger partial charge >= 0.3 is 0 Å². The largest absolute Gasteiger partial charge is 0.292 e. The molecule has 0 heterocycles. The number of rotatable bonds is 10. The molecule has 2 nitrogen and oxygen atoms in total. The maximum Gasteiger partial charge on any atom is 0.220 e. The second-order valence-corrected chi connectivity index (χ2v) is 8.24. The van der Waals surface area contributed by atoms with Gasteiger partial charge in [-0.05, 0) is 78.7 Å². The predicted octanol–water partition coefficient (Wildman–Crippen LogP) is 8.30. The molecular formula is C23H29Br2FN2. The van der Waals surface area contributed by atoms with Crippen molar-refractivity contribution < 1.29 is 4.39 Å². The summed E-state index contributed by atoms with van der Waals surface area (Å²) in [6.45, 7) is 8.60. The Morgan fingerprint density at radius 1 is 1.11 bits per heavy atom. The zero-order chi connectivity index (χ0) is 20.9. The van der Waals surface area contributed by atoms with Crippen molar-refractivity contribution in [2.24, 2.45) is 15.9 Å². The van der Waals surface area contributed by atoms with Gasteiger partial charge in [-0.25, -0.2) is 4.99 Å². The fraction of sp³-hybridized carbons (Fsp3) is 0.391. The van der Waals surface area contributed by atoms with Crippen molar-refractivity contribution in [3.63, 3.8) is 0 Å². The predicted molar refractivity (Wildman–Crippen MR) is 129 cm³/mol. The van der Waals surface area contributed by atoms with E-state index in [2.05, 4.69) is 48.8 Å². The van der Waals surface area contributed by atoms with Gasteiger partial charge in [-0.15, -0.1) is 0 Å². The van der Waals surface area contributed by atoms with Gasteiger partial charge in [-0.3, -0.25) is 4.99 Å². The van der Waals surface area contributed by atoms with Crippen LogP contribution in [0.4, 0.5) is 4.39 Å². The van der Waals surface area contributed by atoms with Crippen molar-refractivity contribution >= 4 is 49.9 Å². The van der Waals surface area contributed by atoms with Crippen molar-refractivity contribution in [3.05, 3.63) is 62.5 Å². The highest BCUT2D eigenvalue weighted by molar-refractivity contribution is 9.12. The molecule has 0 amide bonds. The normalized spacial score (nSPS) is 15.4. The van der Waals surface area contributed by atoms with Crippen LogP contribution < -0.4 is 0 Å². The van der Waals surface area contributed by atoms with Crippen LogP contribution in [0.5, 0.6) is 0 Å². The lowest BCUT2D eigenvalue weighted by atomic mass is 9.86. The van der Waals surface area contributed by atoms with Crippen molar-refractivity contribution in [2.45, 2.75) is 47.0 Å². The van der Waals surface area contributed by atoms with Gasteiger partial charge in [0.05, 0.1) is 0 Å². The van der Waals surface area contributed by atoms with Crippen molar-refractivity contribution in [1.29, 1.82) is 0 Å². The van der Waals surface area contributed by atoms with Gasteiger partial charge in [0.15, 0.2) is 0 Å². The number of unbranched alkanes of at least 4 members (excludes halogenated alkanes) is 1. The fourth-order valence-electron chi connectivity index (χ4n) is 2.91. The van der Waals surface area contributed by atoms with Crippen molar-refractivity contribution in [1.82, 2.24) is 0 Å². The maximum atomic E-state index is 14.8. The zero-order valence-corrected chi connectivity index (χ0v) is 20.2. The molecule has 0 N–H and O–H groups in total. The monoisotopic (exact) mass is 510 g/mol. The lowest BCUT2D eigenvalue weighted by molar-refractivity contribution is 0.567. The number of nitrogens with zero attached hydrogens (tertiary/aromatic N) is 2. The fourth-order valence-corrected chi connectivity index (χ4v) is 3.32. The summed E-state index contributed by atoms with van der Waals surface area (Å²) in [5.74, 6) is -0.210. The standard InChI is InChI=1S/C23H29Br2FN2/c1-5-19(24)16-27-15-9-8-10-17(4)21(6-2)22(23(26)28-7-3)18-11-13-20(25)14-12-18/h5-7,11-14,16-17H,8-10,15H2,1-4H3/b19-5+,21-6-,23-22-,27-16?,28-7?. The Balaban J connectivity index is 2.89. The number of benzene rings is 1. The Kier molecular flexibility index (Phi) is 12.2. The third-order valence-electron chi connectivity index (χ3n) is 4.38. The third-order valence-corrected chi connectivity index (χ3v) is 5.57. The molecule has 152 valence electrons. The summed E-state index contributed by atoms with van der Waals surface area (Å²) in [5.41, 5.74) is 2.41. The number of halogens is 3. The van der Waals surface area contributed by atoms with Crippen LogP contribution in [0.15, 0.2) is 66.9 Å². The van der Waals surface area contributed by atoms with Gasteiger partial charge in [0, 0.05) is 33.5 Å². The van der Waals surface area contributed by atoms with E-state index in [0.717, 1.165) is 45.9 Å². The second-order valence-electron chi connectivity index (χ2n) is 6.41. The van der Waals surface area contributed by atoms with Gasteiger partial charge in [-0.2, -0.15) is 4.39 Å². The SMILES string of the molecule is CC=N/C(F)=C(\C(=C/C)C(C)CCCCN=C/C(Br)=C\C)c1ccc(Br)cc1. The highest BCUT2D eigenvalue weighted by Crippen LogP contribution is 2.35. The van der Waals surface area contributed by atoms with Crippen LogP contribution in [0, 0.1) is 5.92 Å². The van der Waals surface area contributed by atoms with E-state index in [9.17, 15) is 4.39 Å². The zero-order valence-electron chi connectivity index (χ0n) is 17.1. The minimum Gasteiger partial charge on any atom is -0.292 e. The number of aliphatic imine (C=N–C) groups is 2. The lowest BCUT2D eigenvalue weighted by Gasteiger charge is -2.19. The summed E-state index contributed by atoms with van der Waals surface area (Å²) >= 11 is 6.86. The van der Waals surface area contributed by atoms with E-state index in [1.807, 2.05) is 56.5 Å². The minimum absolute atomic E-state index is 0.229. The maximum absolute atomic E-state index is 14.8. The Labute approximate surface area is 185 Å². The molecule has 0 radical (unpaired) electrons. The molecule has 1 aromatic carbocycles. The second kappa shape index (κ2) is 13.8. The first-order valence-electron chi connectivity index (χ1n) is 9.57. The molecule has 0 aliphatic carbocycles. The summed E-state index contributed by atoms with van der Waals surface area (Å²) in [6.07, 6.45) is 10.3. The topological polar surface area (TPSA) is 24.7 Å². The van der Waals surface area contributed by atoms with Crippen LogP contribution >= 0.6 is 31.9 Å². The van der Waals surface area contributed by atoms with E-state index in [-0.39, 0.29) is 5.92 Å². The van der Waals surface area contributed by atoms with E-state index in [0.29, 0.717) is 5.57 Å². The smallest absolute Gasteiger partial charge is 0.220 e. The van der Waals surface area contributed by atoms with E-state index in [1.54, 1.807) is 6.92 Å². The molecule has 0 fully saturated rings. The molecule has 28 heavy (non-hydrogen) atoms. The summed E-state index contributed by atoms with van der Waals surface area (Å²) in [4.78, 5) is 8.33. The molecule has 0 aliphatic rings. The molecule has 1 aromatic rings. The van der Waals surface area contributed by atoms with Gasteiger partial charge in [0.25, 0.3) is 0 Å². The summed E-state index contributed by atoms with van der Waals surface area (Å²) in [5, 5.41) is 0. The molecule has 1 unspecified atom stereocenters. The molecular weight excluding hydrogens is 483 g/mol. The van der Waals surface area contributed by atoms with Crippen molar-refractivity contribution in [2.75, 3.05) is 6.54 Å². The van der Waals surface area contributed by atoms with Crippen LogP contribution in [-0.4, -0.2) is 19.0 Å². The first-order chi connectivity index (χ1) is 13.4. The number of hydrogen-bond acceptors (Lipinski definition) is 2. The van der Waals surface area contributed by atoms with Crippen LogP contribution in [-0.2, 0) is 0 Å². The van der Waals surface area contributed by atoms with Gasteiger partial charge in [-0.1, -0.05) is 53.6 Å². The Hall–Kier alpha value is -1.33. The van der Waals surface area contributed by atoms with E-state index in [1.165, 1.54) is 6.21 Å². The third kappa shape index (κ3) is 8.36. The molecule has 0 aliphatic heterocycles. The van der Waals surface area contributed by atoms with E-state index < -0.39 is 5.95 Å². The first kappa shape index (κ1) is 24.7. The molecule has 0 bridgehead atoms. The number of hydrogen-bond donors (Lipinski definition) is 0. The average Bonchev–Trinajstić information content (AvgIpc) is 2.69. The molecule has 0 aromatic heterocycles. The van der Waals surface area contributed by atoms with E-state index in [4.69, 9.17) is 0 Å². The quantitative estimate of drug-likeness (QED) is 0.130. The van der Waals surface area contributed by atoms with Gasteiger partial charge in [0.2, 0.25) is 5.95 Å². The minimum atomic E-state index is -0.439. The van der Waals surface area contributed by atoms with Crippen LogP contribution in [0.2, 0.25) is 0 Å². The van der Waals surface area contributed by atoms with Crippen LogP contribution in [0.3, 0.4) is 0 Å². The highest BCUT2D eigenvalue weighted by Gasteiger charge is 2.19. The Morgan fingerprint density at radius 2 is 1.79 bits per heavy atom. The molecule has 0 saturated carbocycles. The van der Waals surface area contributed by atoms with Gasteiger partial charge < -0.3 is 0 Å². The van der Waals surface area contributed by atoms with E-state index >= 15 is 0 Å². The average molecular weight is 512 g/mol.